The fraction of sp³-hybridized carbons (Fsp3) is 0.600. The van der Waals surface area contributed by atoms with Crippen molar-refractivity contribution >= 4 is 11.8 Å². The molecule has 1 atom stereocenters. The summed E-state index contributed by atoms with van der Waals surface area (Å²) < 4.78 is 0. The van der Waals surface area contributed by atoms with E-state index in [1.54, 1.807) is 24.2 Å². The van der Waals surface area contributed by atoms with E-state index in [4.69, 9.17) is 0 Å². The van der Waals surface area contributed by atoms with Crippen molar-refractivity contribution in [1.29, 1.82) is 0 Å². The number of thioether (sulfide) groups is 1. The van der Waals surface area contributed by atoms with Crippen molar-refractivity contribution in [2.24, 2.45) is 0 Å². The third-order valence-corrected chi connectivity index (χ3v) is 3.41. The third kappa shape index (κ3) is 2.96. The number of hydrogen-bond acceptors (Lipinski definition) is 4. The van der Waals surface area contributed by atoms with Crippen LogP contribution < -0.4 is 5.32 Å². The first kappa shape index (κ1) is 9.93. The SMILES string of the molecule is c1cnc(SC[C@H]2CCCCN2)nc1. The second-order valence-electron chi connectivity index (χ2n) is 3.49. The minimum Gasteiger partial charge on any atom is -0.313 e. The molecule has 2 rings (SSSR count). The van der Waals surface area contributed by atoms with Crippen molar-refractivity contribution in [3.63, 3.8) is 0 Å². The normalized spacial score (nSPS) is 22.1. The summed E-state index contributed by atoms with van der Waals surface area (Å²) in [6, 6.07) is 2.50. The quantitative estimate of drug-likeness (QED) is 0.607. The summed E-state index contributed by atoms with van der Waals surface area (Å²) in [5.41, 5.74) is 0. The van der Waals surface area contributed by atoms with Crippen molar-refractivity contribution in [3.05, 3.63) is 18.5 Å². The van der Waals surface area contributed by atoms with Crippen LogP contribution >= 0.6 is 11.8 Å². The minimum atomic E-state index is 0.651. The molecule has 2 heterocycles. The Hall–Kier alpha value is -0.610. The van der Waals surface area contributed by atoms with Gasteiger partial charge in [0.1, 0.15) is 0 Å². The van der Waals surface area contributed by atoms with Crippen LogP contribution in [0.25, 0.3) is 0 Å². The fourth-order valence-electron chi connectivity index (χ4n) is 1.60. The molecule has 1 aromatic heterocycles. The number of nitrogens with zero attached hydrogens (tertiary/aromatic N) is 2. The van der Waals surface area contributed by atoms with Crippen LogP contribution in [-0.2, 0) is 0 Å². The highest BCUT2D eigenvalue weighted by Gasteiger charge is 2.12. The number of hydrogen-bond donors (Lipinski definition) is 1. The first-order chi connectivity index (χ1) is 6.95. The molecule has 0 aliphatic carbocycles. The smallest absolute Gasteiger partial charge is 0.187 e. The summed E-state index contributed by atoms with van der Waals surface area (Å²) >= 11 is 1.74. The van der Waals surface area contributed by atoms with Gasteiger partial charge >= 0.3 is 0 Å². The zero-order valence-corrected chi connectivity index (χ0v) is 8.96. The van der Waals surface area contributed by atoms with Gasteiger partial charge < -0.3 is 5.32 Å². The van der Waals surface area contributed by atoms with E-state index in [2.05, 4.69) is 15.3 Å². The molecule has 0 amide bonds. The summed E-state index contributed by atoms with van der Waals surface area (Å²) in [7, 11) is 0. The molecule has 1 saturated heterocycles. The monoisotopic (exact) mass is 209 g/mol. The summed E-state index contributed by atoms with van der Waals surface area (Å²) in [6.07, 6.45) is 7.56. The van der Waals surface area contributed by atoms with Gasteiger partial charge in [-0.1, -0.05) is 18.2 Å². The molecule has 0 saturated carbocycles. The number of rotatable bonds is 3. The second-order valence-corrected chi connectivity index (χ2v) is 4.48. The maximum absolute atomic E-state index is 4.19. The lowest BCUT2D eigenvalue weighted by molar-refractivity contribution is 0.429. The van der Waals surface area contributed by atoms with Gasteiger partial charge in [0.05, 0.1) is 0 Å². The Kier molecular flexibility index (Phi) is 3.77. The molecule has 1 fully saturated rings. The van der Waals surface area contributed by atoms with Gasteiger partial charge in [0.15, 0.2) is 5.16 Å². The first-order valence-corrected chi connectivity index (χ1v) is 6.07. The largest absolute Gasteiger partial charge is 0.313 e. The molecule has 76 valence electrons. The molecule has 1 aromatic rings. The zero-order chi connectivity index (χ0) is 9.64. The molecular formula is C10H15N3S. The van der Waals surface area contributed by atoms with Crippen molar-refractivity contribution in [2.45, 2.75) is 30.5 Å². The van der Waals surface area contributed by atoms with Gasteiger partial charge in [-0.2, -0.15) is 0 Å². The summed E-state index contributed by atoms with van der Waals surface area (Å²) in [4.78, 5) is 8.37. The Morgan fingerprint density at radius 1 is 1.36 bits per heavy atom. The number of nitrogens with one attached hydrogen (secondary N) is 1. The van der Waals surface area contributed by atoms with E-state index in [1.807, 2.05) is 6.07 Å². The lowest BCUT2D eigenvalue weighted by atomic mass is 10.1. The van der Waals surface area contributed by atoms with Crippen molar-refractivity contribution < 1.29 is 0 Å². The van der Waals surface area contributed by atoms with E-state index in [1.165, 1.54) is 25.8 Å². The molecule has 0 radical (unpaired) electrons. The van der Waals surface area contributed by atoms with Gasteiger partial charge in [-0.05, 0) is 25.5 Å². The van der Waals surface area contributed by atoms with Crippen LogP contribution in [0.5, 0.6) is 0 Å². The highest BCUT2D eigenvalue weighted by Crippen LogP contribution is 2.16. The Morgan fingerprint density at radius 3 is 2.93 bits per heavy atom. The van der Waals surface area contributed by atoms with Gasteiger partial charge in [0.25, 0.3) is 0 Å². The standard InChI is InChI=1S/C10H15N3S/c1-2-5-11-9(4-1)8-14-10-12-6-3-7-13-10/h3,6-7,9,11H,1-2,4-5,8H2/t9-/m1/s1. The maximum Gasteiger partial charge on any atom is 0.187 e. The van der Waals surface area contributed by atoms with E-state index in [0.29, 0.717) is 6.04 Å². The molecule has 1 aliphatic rings. The molecule has 0 spiro atoms. The minimum absolute atomic E-state index is 0.651. The van der Waals surface area contributed by atoms with Crippen molar-refractivity contribution in [3.8, 4) is 0 Å². The van der Waals surface area contributed by atoms with Crippen LogP contribution in [0.2, 0.25) is 0 Å². The summed E-state index contributed by atoms with van der Waals surface area (Å²) in [6.45, 7) is 1.17. The van der Waals surface area contributed by atoms with Crippen LogP contribution in [0.1, 0.15) is 19.3 Å². The molecule has 3 nitrogen and oxygen atoms in total. The molecular weight excluding hydrogens is 194 g/mol. The molecule has 0 bridgehead atoms. The highest BCUT2D eigenvalue weighted by atomic mass is 32.2. The van der Waals surface area contributed by atoms with E-state index in [0.717, 1.165) is 10.9 Å². The third-order valence-electron chi connectivity index (χ3n) is 2.37. The van der Waals surface area contributed by atoms with E-state index >= 15 is 0 Å². The van der Waals surface area contributed by atoms with E-state index in [-0.39, 0.29) is 0 Å². The van der Waals surface area contributed by atoms with Crippen molar-refractivity contribution in [2.75, 3.05) is 12.3 Å². The topological polar surface area (TPSA) is 37.8 Å². The zero-order valence-electron chi connectivity index (χ0n) is 8.15. The molecule has 14 heavy (non-hydrogen) atoms. The molecule has 0 aromatic carbocycles. The van der Waals surface area contributed by atoms with Gasteiger partial charge in [-0.3, -0.25) is 0 Å². The molecule has 1 aliphatic heterocycles. The maximum atomic E-state index is 4.19. The number of aromatic nitrogens is 2. The average molecular weight is 209 g/mol. The summed E-state index contributed by atoms with van der Waals surface area (Å²) in [5, 5.41) is 4.40. The van der Waals surface area contributed by atoms with Crippen LogP contribution in [-0.4, -0.2) is 28.3 Å². The van der Waals surface area contributed by atoms with Gasteiger partial charge in [-0.15, -0.1) is 0 Å². The number of piperidine rings is 1. The van der Waals surface area contributed by atoms with Crippen LogP contribution in [0.3, 0.4) is 0 Å². The summed E-state index contributed by atoms with van der Waals surface area (Å²) in [5.74, 6) is 1.09. The molecule has 4 heteroatoms. The lowest BCUT2D eigenvalue weighted by Gasteiger charge is -2.22. The second kappa shape index (κ2) is 5.32. The van der Waals surface area contributed by atoms with Crippen molar-refractivity contribution in [1.82, 2.24) is 15.3 Å². The molecule has 1 N–H and O–H groups in total. The lowest BCUT2D eigenvalue weighted by Crippen LogP contribution is -2.35. The van der Waals surface area contributed by atoms with Gasteiger partial charge in [0.2, 0.25) is 0 Å². The van der Waals surface area contributed by atoms with Gasteiger partial charge in [0, 0.05) is 24.2 Å². The molecule has 0 unspecified atom stereocenters. The van der Waals surface area contributed by atoms with Crippen LogP contribution in [0.4, 0.5) is 0 Å². The fourth-order valence-corrected chi connectivity index (χ4v) is 2.51. The Labute approximate surface area is 88.7 Å². The van der Waals surface area contributed by atoms with E-state index in [9.17, 15) is 0 Å². The van der Waals surface area contributed by atoms with Crippen LogP contribution in [0, 0.1) is 0 Å². The van der Waals surface area contributed by atoms with E-state index < -0.39 is 0 Å². The van der Waals surface area contributed by atoms with Crippen LogP contribution in [0.15, 0.2) is 23.6 Å². The highest BCUT2D eigenvalue weighted by molar-refractivity contribution is 7.99. The average Bonchev–Trinajstić information content (AvgIpc) is 2.29. The predicted molar refractivity (Wildman–Crippen MR) is 58.4 cm³/mol. The van der Waals surface area contributed by atoms with Gasteiger partial charge in [-0.25, -0.2) is 9.97 Å². The first-order valence-electron chi connectivity index (χ1n) is 5.08. The Bertz CT molecular complexity index is 259. The predicted octanol–water partition coefficient (Wildman–Crippen LogP) is 1.71. The Morgan fingerprint density at radius 2 is 2.21 bits per heavy atom. The Balaban J connectivity index is 1.76.